The summed E-state index contributed by atoms with van der Waals surface area (Å²) in [6, 6.07) is 8.79. The van der Waals surface area contributed by atoms with Gasteiger partial charge in [0.25, 0.3) is 0 Å². The Morgan fingerprint density at radius 2 is 1.86 bits per heavy atom. The van der Waals surface area contributed by atoms with Gasteiger partial charge < -0.3 is 4.42 Å². The lowest BCUT2D eigenvalue weighted by atomic mass is 10.0. The van der Waals surface area contributed by atoms with E-state index in [0.717, 1.165) is 0 Å². The van der Waals surface area contributed by atoms with Crippen LogP contribution in [0.1, 0.15) is 21.7 Å². The zero-order chi connectivity index (χ0) is 15.1. The largest absolute Gasteiger partial charge is 0.452 e. The first-order valence-corrected chi connectivity index (χ1v) is 6.91. The zero-order valence-corrected chi connectivity index (χ0v) is 12.4. The number of carbonyl (C=O) groups excluding carboxylic acids is 1. The molecule has 0 saturated carbocycles. The normalized spacial score (nSPS) is 11.0. The van der Waals surface area contributed by atoms with Crippen LogP contribution >= 0.6 is 23.2 Å². The van der Waals surface area contributed by atoms with Gasteiger partial charge in [-0.05, 0) is 37.3 Å². The van der Waals surface area contributed by atoms with Gasteiger partial charge in [-0.25, -0.2) is 4.39 Å². The van der Waals surface area contributed by atoms with Crippen LogP contribution < -0.4 is 0 Å². The number of carbonyl (C=O) groups is 1. The summed E-state index contributed by atoms with van der Waals surface area (Å²) in [6.07, 6.45) is 0. The van der Waals surface area contributed by atoms with Gasteiger partial charge in [-0.1, -0.05) is 23.2 Å². The third-order valence-electron chi connectivity index (χ3n) is 3.29. The van der Waals surface area contributed by atoms with Crippen LogP contribution in [0.25, 0.3) is 11.0 Å². The van der Waals surface area contributed by atoms with E-state index in [-0.39, 0.29) is 11.5 Å². The Balaban J connectivity index is 2.13. The molecule has 0 radical (unpaired) electrons. The average Bonchev–Trinajstić information content (AvgIpc) is 2.77. The Hall–Kier alpha value is -1.84. The van der Waals surface area contributed by atoms with Gasteiger partial charge in [-0.2, -0.15) is 0 Å². The number of rotatable bonds is 2. The highest BCUT2D eigenvalue weighted by Gasteiger charge is 2.20. The maximum atomic E-state index is 13.2. The van der Waals surface area contributed by atoms with Gasteiger partial charge in [-0.3, -0.25) is 4.79 Å². The number of benzene rings is 2. The molecule has 0 fully saturated rings. The molecule has 1 heterocycles. The summed E-state index contributed by atoms with van der Waals surface area (Å²) in [7, 11) is 0. The van der Waals surface area contributed by atoms with Crippen molar-refractivity contribution in [1.29, 1.82) is 0 Å². The van der Waals surface area contributed by atoms with Gasteiger partial charge in [0.1, 0.15) is 11.4 Å². The molecule has 0 atom stereocenters. The molecule has 0 N–H and O–H groups in total. The molecule has 0 unspecified atom stereocenters. The van der Waals surface area contributed by atoms with E-state index in [1.807, 2.05) is 0 Å². The van der Waals surface area contributed by atoms with E-state index in [4.69, 9.17) is 27.6 Å². The lowest BCUT2D eigenvalue weighted by Crippen LogP contribution is -2.01. The van der Waals surface area contributed by atoms with Crippen LogP contribution in [-0.2, 0) is 0 Å². The Labute approximate surface area is 130 Å². The number of halogens is 3. The fourth-order valence-electron chi connectivity index (χ4n) is 2.18. The molecule has 1 aromatic heterocycles. The average molecular weight is 323 g/mol. The lowest BCUT2D eigenvalue weighted by molar-refractivity contribution is 0.101. The highest BCUT2D eigenvalue weighted by atomic mass is 35.5. The smallest absolute Gasteiger partial charge is 0.228 e. The molecule has 0 spiro atoms. The van der Waals surface area contributed by atoms with Crippen molar-refractivity contribution in [1.82, 2.24) is 0 Å². The molecule has 0 saturated heterocycles. The first-order chi connectivity index (χ1) is 9.97. The maximum Gasteiger partial charge on any atom is 0.228 e. The summed E-state index contributed by atoms with van der Waals surface area (Å²) in [5.74, 6) is -0.554. The van der Waals surface area contributed by atoms with Gasteiger partial charge in [0.15, 0.2) is 5.76 Å². The van der Waals surface area contributed by atoms with Crippen molar-refractivity contribution in [3.8, 4) is 0 Å². The number of ketones is 1. The third kappa shape index (κ3) is 2.43. The molecule has 3 aromatic rings. The van der Waals surface area contributed by atoms with Crippen LogP contribution in [0.5, 0.6) is 0 Å². The summed E-state index contributed by atoms with van der Waals surface area (Å²) in [5, 5.41) is 1.37. The fourth-order valence-corrected chi connectivity index (χ4v) is 2.48. The molecule has 106 valence electrons. The molecular weight excluding hydrogens is 314 g/mol. The van der Waals surface area contributed by atoms with Gasteiger partial charge in [0.05, 0.1) is 10.0 Å². The number of fused-ring (bicyclic) bond motifs is 1. The van der Waals surface area contributed by atoms with Crippen LogP contribution in [0.3, 0.4) is 0 Å². The first-order valence-electron chi connectivity index (χ1n) is 6.16. The molecular formula is C16H9Cl2FO2. The van der Waals surface area contributed by atoms with Crippen LogP contribution in [0.4, 0.5) is 4.39 Å². The van der Waals surface area contributed by atoms with Crippen molar-refractivity contribution >= 4 is 40.0 Å². The zero-order valence-electron chi connectivity index (χ0n) is 10.9. The molecule has 2 aromatic carbocycles. The van der Waals surface area contributed by atoms with Gasteiger partial charge >= 0.3 is 0 Å². The molecule has 2 nitrogen and oxygen atoms in total. The van der Waals surface area contributed by atoms with Crippen LogP contribution in [-0.4, -0.2) is 5.78 Å². The first kappa shape index (κ1) is 14.1. The second-order valence-corrected chi connectivity index (χ2v) is 5.47. The standard InChI is InChI=1S/C16H9Cl2FO2/c1-8-11-4-3-10(19)7-14(11)21-16(8)15(20)9-2-5-12(17)13(18)6-9/h2-7H,1H3. The fraction of sp³-hybridized carbons (Fsp3) is 0.0625. The Bertz CT molecular complexity index is 868. The minimum Gasteiger partial charge on any atom is -0.452 e. The van der Waals surface area contributed by atoms with Crippen molar-refractivity contribution in [2.45, 2.75) is 6.92 Å². The quantitative estimate of drug-likeness (QED) is 0.590. The Kier molecular flexibility index (Phi) is 3.47. The van der Waals surface area contributed by atoms with Gasteiger partial charge in [0.2, 0.25) is 5.78 Å². The second kappa shape index (κ2) is 5.17. The predicted octanol–water partition coefficient (Wildman–Crippen LogP) is 5.42. The molecule has 0 aliphatic carbocycles. The minimum atomic E-state index is -0.412. The van der Waals surface area contributed by atoms with Crippen molar-refractivity contribution in [2.24, 2.45) is 0 Å². The summed E-state index contributed by atoms with van der Waals surface area (Å²) in [4.78, 5) is 12.5. The van der Waals surface area contributed by atoms with E-state index in [9.17, 15) is 9.18 Å². The van der Waals surface area contributed by atoms with Crippen molar-refractivity contribution in [3.05, 3.63) is 69.1 Å². The van der Waals surface area contributed by atoms with E-state index < -0.39 is 5.82 Å². The van der Waals surface area contributed by atoms with E-state index in [1.165, 1.54) is 18.2 Å². The van der Waals surface area contributed by atoms with Crippen molar-refractivity contribution < 1.29 is 13.6 Å². The summed E-state index contributed by atoms with van der Waals surface area (Å²) in [5.41, 5.74) is 1.38. The molecule has 0 aliphatic heterocycles. The minimum absolute atomic E-state index is 0.175. The highest BCUT2D eigenvalue weighted by Crippen LogP contribution is 2.29. The van der Waals surface area contributed by atoms with E-state index in [1.54, 1.807) is 25.1 Å². The molecule has 0 aliphatic rings. The van der Waals surface area contributed by atoms with Crippen LogP contribution in [0.15, 0.2) is 40.8 Å². The Morgan fingerprint density at radius 1 is 1.10 bits per heavy atom. The highest BCUT2D eigenvalue weighted by molar-refractivity contribution is 6.42. The summed E-state index contributed by atoms with van der Waals surface area (Å²) in [6.45, 7) is 1.76. The second-order valence-electron chi connectivity index (χ2n) is 4.65. The number of furan rings is 1. The van der Waals surface area contributed by atoms with Gasteiger partial charge in [-0.15, -0.1) is 0 Å². The topological polar surface area (TPSA) is 30.2 Å². The number of aryl methyl sites for hydroxylation is 1. The predicted molar refractivity (Wildman–Crippen MR) is 80.8 cm³/mol. The van der Waals surface area contributed by atoms with Gasteiger partial charge in [0, 0.05) is 22.6 Å². The SMILES string of the molecule is Cc1c(C(=O)c2ccc(Cl)c(Cl)c2)oc2cc(F)ccc12. The van der Waals surface area contributed by atoms with E-state index in [2.05, 4.69) is 0 Å². The molecule has 5 heteroatoms. The van der Waals surface area contributed by atoms with Crippen LogP contribution in [0, 0.1) is 12.7 Å². The number of hydrogen-bond acceptors (Lipinski definition) is 2. The van der Waals surface area contributed by atoms with Crippen molar-refractivity contribution in [3.63, 3.8) is 0 Å². The monoisotopic (exact) mass is 322 g/mol. The molecule has 21 heavy (non-hydrogen) atoms. The molecule has 3 rings (SSSR count). The number of hydrogen-bond donors (Lipinski definition) is 0. The third-order valence-corrected chi connectivity index (χ3v) is 4.03. The summed E-state index contributed by atoms with van der Waals surface area (Å²) >= 11 is 11.8. The van der Waals surface area contributed by atoms with Crippen molar-refractivity contribution in [2.75, 3.05) is 0 Å². The summed E-state index contributed by atoms with van der Waals surface area (Å²) < 4.78 is 18.7. The Morgan fingerprint density at radius 3 is 2.57 bits per heavy atom. The lowest BCUT2D eigenvalue weighted by Gasteiger charge is -2.01. The molecule has 0 amide bonds. The van der Waals surface area contributed by atoms with E-state index in [0.29, 0.717) is 32.1 Å². The van der Waals surface area contributed by atoms with E-state index >= 15 is 0 Å². The molecule has 0 bridgehead atoms. The van der Waals surface area contributed by atoms with Crippen LogP contribution in [0.2, 0.25) is 10.0 Å². The maximum absolute atomic E-state index is 13.2.